The normalized spacial score (nSPS) is 12.0. The quantitative estimate of drug-likeness (QED) is 0.628. The van der Waals surface area contributed by atoms with Gasteiger partial charge in [0, 0.05) is 28.3 Å². The van der Waals surface area contributed by atoms with Crippen molar-refractivity contribution in [2.45, 2.75) is 12.1 Å². The minimum absolute atomic E-state index is 0.0421. The molecule has 0 fully saturated rings. The number of alkyl halides is 3. The van der Waals surface area contributed by atoms with Gasteiger partial charge in [-0.15, -0.1) is 0 Å². The number of aromatic nitrogens is 2. The first-order valence-electron chi connectivity index (χ1n) is 6.60. The fourth-order valence-corrected chi connectivity index (χ4v) is 2.99. The molecule has 0 atom stereocenters. The van der Waals surface area contributed by atoms with Crippen LogP contribution < -0.4 is 0 Å². The largest absolute Gasteiger partial charge is 0.417 e. The third-order valence-corrected chi connectivity index (χ3v) is 4.19. The first-order chi connectivity index (χ1) is 10.5. The molecule has 0 amide bonds. The molecule has 6 heteroatoms. The van der Waals surface area contributed by atoms with Crippen LogP contribution in [0.25, 0.3) is 0 Å². The first kappa shape index (κ1) is 15.0. The van der Waals surface area contributed by atoms with Crippen molar-refractivity contribution < 1.29 is 13.2 Å². The third-order valence-electron chi connectivity index (χ3n) is 3.50. The topological polar surface area (TPSA) is 31.6 Å². The van der Waals surface area contributed by atoms with E-state index < -0.39 is 11.7 Å². The average molecular weight is 369 g/mol. The van der Waals surface area contributed by atoms with E-state index in [-0.39, 0.29) is 10.4 Å². The standard InChI is InChI=1S/C16H12BrF3N2/c17-12-6-5-10(9-11(12)16(18,19)20)15(13-3-1-7-21-13)14-4-2-8-22-14/h1-9,15,21-22H. The van der Waals surface area contributed by atoms with Crippen molar-refractivity contribution in [3.63, 3.8) is 0 Å². The Labute approximate surface area is 133 Å². The lowest BCUT2D eigenvalue weighted by Gasteiger charge is -2.18. The second kappa shape index (κ2) is 5.68. The van der Waals surface area contributed by atoms with Gasteiger partial charge in [-0.3, -0.25) is 0 Å². The molecule has 2 aromatic heterocycles. The number of hydrogen-bond acceptors (Lipinski definition) is 0. The fraction of sp³-hybridized carbons (Fsp3) is 0.125. The van der Waals surface area contributed by atoms with E-state index in [9.17, 15) is 13.2 Å². The highest BCUT2D eigenvalue weighted by atomic mass is 79.9. The second-order valence-corrected chi connectivity index (χ2v) is 5.78. The molecule has 22 heavy (non-hydrogen) atoms. The molecule has 1 aromatic carbocycles. The number of rotatable bonds is 3. The second-order valence-electron chi connectivity index (χ2n) is 4.92. The minimum Gasteiger partial charge on any atom is -0.364 e. The van der Waals surface area contributed by atoms with Crippen molar-refractivity contribution >= 4 is 15.9 Å². The van der Waals surface area contributed by atoms with Crippen LogP contribution in [0.2, 0.25) is 0 Å². The lowest BCUT2D eigenvalue weighted by atomic mass is 9.91. The third kappa shape index (κ3) is 2.83. The van der Waals surface area contributed by atoms with Gasteiger partial charge < -0.3 is 9.97 Å². The molecule has 2 N–H and O–H groups in total. The maximum absolute atomic E-state index is 13.1. The van der Waals surface area contributed by atoms with E-state index in [1.165, 1.54) is 12.1 Å². The molecule has 2 nitrogen and oxygen atoms in total. The maximum atomic E-state index is 13.1. The first-order valence-corrected chi connectivity index (χ1v) is 7.39. The zero-order chi connectivity index (χ0) is 15.7. The molecule has 0 saturated heterocycles. The summed E-state index contributed by atoms with van der Waals surface area (Å²) < 4.78 is 39.4. The molecule has 0 aliphatic carbocycles. The van der Waals surface area contributed by atoms with Gasteiger partial charge in [0.05, 0.1) is 11.5 Å². The summed E-state index contributed by atoms with van der Waals surface area (Å²) in [6.45, 7) is 0. The Balaban J connectivity index is 2.14. The monoisotopic (exact) mass is 368 g/mol. The van der Waals surface area contributed by atoms with Crippen LogP contribution in [-0.4, -0.2) is 9.97 Å². The highest BCUT2D eigenvalue weighted by Crippen LogP contribution is 2.38. The van der Waals surface area contributed by atoms with Gasteiger partial charge in [0.15, 0.2) is 0 Å². The smallest absolute Gasteiger partial charge is 0.364 e. The lowest BCUT2D eigenvalue weighted by Crippen LogP contribution is -2.10. The maximum Gasteiger partial charge on any atom is 0.417 e. The summed E-state index contributed by atoms with van der Waals surface area (Å²) in [5.74, 6) is -0.306. The van der Waals surface area contributed by atoms with Crippen molar-refractivity contribution in [1.82, 2.24) is 9.97 Å². The summed E-state index contributed by atoms with van der Waals surface area (Å²) in [6.07, 6.45) is -0.880. The molecule has 0 aliphatic heterocycles. The number of hydrogen-bond donors (Lipinski definition) is 2. The molecule has 0 aliphatic rings. The number of halogens is 4. The Hall–Kier alpha value is -1.95. The van der Waals surface area contributed by atoms with Crippen LogP contribution in [0, 0.1) is 0 Å². The van der Waals surface area contributed by atoms with Crippen LogP contribution in [0.3, 0.4) is 0 Å². The number of nitrogens with one attached hydrogen (secondary N) is 2. The molecule has 3 rings (SSSR count). The lowest BCUT2D eigenvalue weighted by molar-refractivity contribution is -0.138. The van der Waals surface area contributed by atoms with Crippen LogP contribution >= 0.6 is 15.9 Å². The van der Waals surface area contributed by atoms with Crippen molar-refractivity contribution in [2.24, 2.45) is 0 Å². The minimum atomic E-state index is -4.40. The molecule has 0 spiro atoms. The average Bonchev–Trinajstić information content (AvgIpc) is 3.13. The molecule has 2 heterocycles. The number of H-pyrrole nitrogens is 2. The van der Waals surface area contributed by atoms with Gasteiger partial charge in [0.2, 0.25) is 0 Å². The Kier molecular flexibility index (Phi) is 3.87. The van der Waals surface area contributed by atoms with E-state index in [4.69, 9.17) is 0 Å². The molecule has 0 unspecified atom stereocenters. The van der Waals surface area contributed by atoms with Crippen LogP contribution in [0.5, 0.6) is 0 Å². The molecule has 0 bridgehead atoms. The van der Waals surface area contributed by atoms with E-state index >= 15 is 0 Å². The van der Waals surface area contributed by atoms with E-state index in [2.05, 4.69) is 25.9 Å². The van der Waals surface area contributed by atoms with Crippen LogP contribution in [0.15, 0.2) is 59.3 Å². The molecule has 114 valence electrons. The van der Waals surface area contributed by atoms with Gasteiger partial charge in [-0.1, -0.05) is 22.0 Å². The Morgan fingerprint density at radius 2 is 1.50 bits per heavy atom. The van der Waals surface area contributed by atoms with E-state index in [1.807, 2.05) is 24.3 Å². The molecule has 3 aromatic rings. The van der Waals surface area contributed by atoms with E-state index in [0.717, 1.165) is 11.4 Å². The van der Waals surface area contributed by atoms with Gasteiger partial charge in [-0.05, 0) is 42.0 Å². The van der Waals surface area contributed by atoms with E-state index in [0.29, 0.717) is 5.56 Å². The Morgan fingerprint density at radius 1 is 0.909 bits per heavy atom. The zero-order valence-corrected chi connectivity index (χ0v) is 12.9. The van der Waals surface area contributed by atoms with Crippen molar-refractivity contribution in [2.75, 3.05) is 0 Å². The summed E-state index contributed by atoms with van der Waals surface area (Å²) in [5.41, 5.74) is 1.56. The molecular formula is C16H12BrF3N2. The summed E-state index contributed by atoms with van der Waals surface area (Å²) in [6, 6.07) is 11.7. The molecule has 0 saturated carbocycles. The number of benzene rings is 1. The predicted octanol–water partition coefficient (Wildman–Crippen LogP) is 5.30. The zero-order valence-electron chi connectivity index (χ0n) is 11.3. The van der Waals surface area contributed by atoms with Crippen molar-refractivity contribution in [3.8, 4) is 0 Å². The summed E-state index contributed by atoms with van der Waals surface area (Å²) in [7, 11) is 0. The highest BCUT2D eigenvalue weighted by molar-refractivity contribution is 9.10. The van der Waals surface area contributed by atoms with Crippen molar-refractivity contribution in [3.05, 3.63) is 81.8 Å². The fourth-order valence-electron chi connectivity index (χ4n) is 2.51. The van der Waals surface area contributed by atoms with Gasteiger partial charge in [0.25, 0.3) is 0 Å². The van der Waals surface area contributed by atoms with E-state index in [1.54, 1.807) is 18.5 Å². The summed E-state index contributed by atoms with van der Waals surface area (Å²) >= 11 is 2.98. The van der Waals surface area contributed by atoms with Crippen LogP contribution in [-0.2, 0) is 6.18 Å². The predicted molar refractivity (Wildman–Crippen MR) is 81.7 cm³/mol. The SMILES string of the molecule is FC(F)(F)c1cc(C(c2ccc[nH]2)c2ccc[nH]2)ccc1Br. The van der Waals surface area contributed by atoms with Crippen LogP contribution in [0.4, 0.5) is 13.2 Å². The summed E-state index contributed by atoms with van der Waals surface area (Å²) in [5, 5.41) is 0. The molecule has 0 radical (unpaired) electrons. The Morgan fingerprint density at radius 3 is 1.95 bits per heavy atom. The van der Waals surface area contributed by atoms with Gasteiger partial charge in [-0.2, -0.15) is 13.2 Å². The summed E-state index contributed by atoms with van der Waals surface area (Å²) in [4.78, 5) is 6.17. The van der Waals surface area contributed by atoms with Crippen molar-refractivity contribution in [1.29, 1.82) is 0 Å². The van der Waals surface area contributed by atoms with Gasteiger partial charge in [0.1, 0.15) is 0 Å². The van der Waals surface area contributed by atoms with Gasteiger partial charge >= 0.3 is 6.18 Å². The van der Waals surface area contributed by atoms with Gasteiger partial charge in [-0.25, -0.2) is 0 Å². The van der Waals surface area contributed by atoms with Crippen LogP contribution in [0.1, 0.15) is 28.4 Å². The highest BCUT2D eigenvalue weighted by Gasteiger charge is 2.34. The number of aromatic amines is 2. The molecular weight excluding hydrogens is 357 g/mol. The Bertz CT molecular complexity index is 712.